The zero-order chi connectivity index (χ0) is 18.7. The summed E-state index contributed by atoms with van der Waals surface area (Å²) in [6.45, 7) is 2.33. The zero-order valence-electron chi connectivity index (χ0n) is 14.5. The Hall–Kier alpha value is -3.41. The van der Waals surface area contributed by atoms with Crippen molar-refractivity contribution < 1.29 is 14.6 Å². The molecule has 1 aromatic heterocycles. The third-order valence-corrected chi connectivity index (χ3v) is 4.08. The molecule has 0 amide bonds. The lowest BCUT2D eigenvalue weighted by atomic mass is 10.1. The van der Waals surface area contributed by atoms with E-state index in [-0.39, 0.29) is 16.8 Å². The fraction of sp³-hybridized carbons (Fsp3) is 0.150. The third-order valence-electron chi connectivity index (χ3n) is 4.08. The summed E-state index contributed by atoms with van der Waals surface area (Å²) < 4.78 is 6.71. The lowest BCUT2D eigenvalue weighted by Gasteiger charge is -2.09. The van der Waals surface area contributed by atoms with E-state index in [1.807, 2.05) is 31.2 Å². The molecular weight excluding hydrogens is 332 g/mol. The highest BCUT2D eigenvalue weighted by Gasteiger charge is 2.11. The number of nitrogens with zero attached hydrogens (tertiary/aromatic N) is 2. The summed E-state index contributed by atoms with van der Waals surface area (Å²) in [4.78, 5) is 28.2. The SMILES string of the molecule is CCn1c(=O)c(/C=C/c2ccc(OC)cc2)nc2cc(C(=O)O)ccc21. The summed E-state index contributed by atoms with van der Waals surface area (Å²) in [5.41, 5.74) is 2.17. The highest BCUT2D eigenvalue weighted by molar-refractivity contribution is 5.92. The van der Waals surface area contributed by atoms with Crippen molar-refractivity contribution in [3.05, 3.63) is 69.6 Å². The first-order chi connectivity index (χ1) is 12.5. The number of hydrogen-bond donors (Lipinski definition) is 1. The highest BCUT2D eigenvalue weighted by atomic mass is 16.5. The number of hydrogen-bond acceptors (Lipinski definition) is 4. The van der Waals surface area contributed by atoms with Gasteiger partial charge in [-0.2, -0.15) is 0 Å². The van der Waals surface area contributed by atoms with Crippen LogP contribution < -0.4 is 10.3 Å². The largest absolute Gasteiger partial charge is 0.497 e. The molecule has 6 heteroatoms. The van der Waals surface area contributed by atoms with Gasteiger partial charge in [0, 0.05) is 6.54 Å². The Balaban J connectivity index is 2.08. The maximum atomic E-state index is 12.7. The molecule has 26 heavy (non-hydrogen) atoms. The van der Waals surface area contributed by atoms with Crippen molar-refractivity contribution in [3.8, 4) is 5.75 Å². The average Bonchev–Trinajstić information content (AvgIpc) is 2.66. The minimum Gasteiger partial charge on any atom is -0.497 e. The molecule has 6 nitrogen and oxygen atoms in total. The van der Waals surface area contributed by atoms with Crippen LogP contribution in [0.25, 0.3) is 23.2 Å². The van der Waals surface area contributed by atoms with Gasteiger partial charge in [-0.05, 0) is 48.9 Å². The van der Waals surface area contributed by atoms with Crippen LogP contribution in [0.3, 0.4) is 0 Å². The number of aryl methyl sites for hydroxylation is 1. The van der Waals surface area contributed by atoms with E-state index in [1.54, 1.807) is 29.9 Å². The van der Waals surface area contributed by atoms with Gasteiger partial charge in [0.25, 0.3) is 5.56 Å². The van der Waals surface area contributed by atoms with Crippen molar-refractivity contribution in [2.75, 3.05) is 7.11 Å². The molecule has 0 atom stereocenters. The van der Waals surface area contributed by atoms with Crippen molar-refractivity contribution in [1.29, 1.82) is 0 Å². The number of fused-ring (bicyclic) bond motifs is 1. The van der Waals surface area contributed by atoms with Crippen molar-refractivity contribution in [2.24, 2.45) is 0 Å². The number of rotatable bonds is 5. The van der Waals surface area contributed by atoms with Crippen LogP contribution in [-0.2, 0) is 6.54 Å². The molecule has 0 aliphatic rings. The molecule has 0 saturated heterocycles. The minimum absolute atomic E-state index is 0.136. The first kappa shape index (κ1) is 17.4. The summed E-state index contributed by atoms with van der Waals surface area (Å²) in [5.74, 6) is -0.279. The van der Waals surface area contributed by atoms with E-state index in [2.05, 4.69) is 4.98 Å². The molecule has 132 valence electrons. The average molecular weight is 350 g/mol. The van der Waals surface area contributed by atoms with E-state index in [4.69, 9.17) is 9.84 Å². The van der Waals surface area contributed by atoms with Crippen molar-refractivity contribution in [2.45, 2.75) is 13.5 Å². The van der Waals surface area contributed by atoms with Crippen LogP contribution >= 0.6 is 0 Å². The number of aromatic nitrogens is 2. The van der Waals surface area contributed by atoms with Gasteiger partial charge in [-0.25, -0.2) is 9.78 Å². The topological polar surface area (TPSA) is 81.4 Å². The molecule has 1 heterocycles. The Morgan fingerprint density at radius 3 is 2.54 bits per heavy atom. The van der Waals surface area contributed by atoms with E-state index < -0.39 is 5.97 Å². The van der Waals surface area contributed by atoms with Gasteiger partial charge < -0.3 is 14.4 Å². The van der Waals surface area contributed by atoms with Crippen LogP contribution in [-0.4, -0.2) is 27.7 Å². The number of ether oxygens (including phenoxy) is 1. The monoisotopic (exact) mass is 350 g/mol. The number of carboxylic acids is 1. The molecule has 0 aliphatic carbocycles. The fourth-order valence-corrected chi connectivity index (χ4v) is 2.71. The second-order valence-electron chi connectivity index (χ2n) is 5.66. The normalized spacial score (nSPS) is 11.2. The standard InChI is InChI=1S/C20H18N2O4/c1-3-22-18-11-7-14(20(24)25)12-17(18)21-16(19(22)23)10-6-13-4-8-15(26-2)9-5-13/h4-12H,3H2,1-2H3,(H,24,25)/b10-6+. The van der Waals surface area contributed by atoms with Crippen molar-refractivity contribution >= 4 is 29.2 Å². The maximum absolute atomic E-state index is 12.7. The van der Waals surface area contributed by atoms with Gasteiger partial charge in [0.15, 0.2) is 0 Å². The number of aromatic carboxylic acids is 1. The molecule has 3 rings (SSSR count). The summed E-state index contributed by atoms with van der Waals surface area (Å²) in [5, 5.41) is 9.17. The van der Waals surface area contributed by atoms with E-state index in [9.17, 15) is 9.59 Å². The van der Waals surface area contributed by atoms with Crippen LogP contribution in [0.1, 0.15) is 28.5 Å². The van der Waals surface area contributed by atoms with Gasteiger partial charge in [0.05, 0.1) is 23.7 Å². The number of carbonyl (C=O) groups is 1. The summed E-state index contributed by atoms with van der Waals surface area (Å²) in [6.07, 6.45) is 3.43. The van der Waals surface area contributed by atoms with Gasteiger partial charge in [-0.1, -0.05) is 18.2 Å². The molecule has 3 aromatic rings. The molecule has 0 fully saturated rings. The molecule has 0 radical (unpaired) electrons. The van der Waals surface area contributed by atoms with Crippen LogP contribution in [0.4, 0.5) is 0 Å². The summed E-state index contributed by atoms with van der Waals surface area (Å²) >= 11 is 0. The van der Waals surface area contributed by atoms with Crippen molar-refractivity contribution in [1.82, 2.24) is 9.55 Å². The van der Waals surface area contributed by atoms with Crippen LogP contribution in [0.2, 0.25) is 0 Å². The molecule has 2 aromatic carbocycles. The quantitative estimate of drug-likeness (QED) is 0.763. The van der Waals surface area contributed by atoms with Gasteiger partial charge in [-0.15, -0.1) is 0 Å². The Morgan fingerprint density at radius 1 is 1.19 bits per heavy atom. The van der Waals surface area contributed by atoms with Crippen LogP contribution in [0.15, 0.2) is 47.3 Å². The Labute approximate surface area is 150 Å². The van der Waals surface area contributed by atoms with Gasteiger partial charge in [0.2, 0.25) is 0 Å². The second kappa shape index (κ2) is 7.23. The molecule has 0 aliphatic heterocycles. The van der Waals surface area contributed by atoms with Gasteiger partial charge in [0.1, 0.15) is 11.4 Å². The zero-order valence-corrected chi connectivity index (χ0v) is 14.5. The third kappa shape index (κ3) is 3.35. The number of methoxy groups -OCH3 is 1. The summed E-state index contributed by atoms with van der Waals surface area (Å²) in [7, 11) is 1.60. The van der Waals surface area contributed by atoms with E-state index in [0.29, 0.717) is 17.6 Å². The lowest BCUT2D eigenvalue weighted by Crippen LogP contribution is -2.23. The molecule has 0 bridgehead atoms. The van der Waals surface area contributed by atoms with E-state index in [1.165, 1.54) is 12.1 Å². The molecule has 0 spiro atoms. The highest BCUT2D eigenvalue weighted by Crippen LogP contribution is 2.16. The van der Waals surface area contributed by atoms with Crippen LogP contribution in [0, 0.1) is 0 Å². The Kier molecular flexibility index (Phi) is 4.84. The molecule has 1 N–H and O–H groups in total. The fourth-order valence-electron chi connectivity index (χ4n) is 2.71. The number of benzene rings is 2. The minimum atomic E-state index is -1.03. The predicted octanol–water partition coefficient (Wildman–Crippen LogP) is 3.29. The van der Waals surface area contributed by atoms with E-state index >= 15 is 0 Å². The molecular formula is C20H18N2O4. The number of carboxylic acid groups (broad SMARTS) is 1. The lowest BCUT2D eigenvalue weighted by molar-refractivity contribution is 0.0697. The van der Waals surface area contributed by atoms with Crippen molar-refractivity contribution in [3.63, 3.8) is 0 Å². The first-order valence-corrected chi connectivity index (χ1v) is 8.13. The smallest absolute Gasteiger partial charge is 0.335 e. The van der Waals surface area contributed by atoms with Gasteiger partial charge >= 0.3 is 5.97 Å². The van der Waals surface area contributed by atoms with Crippen LogP contribution in [0.5, 0.6) is 5.75 Å². The van der Waals surface area contributed by atoms with Gasteiger partial charge in [-0.3, -0.25) is 4.79 Å². The maximum Gasteiger partial charge on any atom is 0.335 e. The van der Waals surface area contributed by atoms with E-state index in [0.717, 1.165) is 11.3 Å². The summed E-state index contributed by atoms with van der Waals surface area (Å²) in [6, 6.07) is 12.0. The first-order valence-electron chi connectivity index (χ1n) is 8.13. The molecule has 0 unspecified atom stereocenters. The Bertz CT molecular complexity index is 1050. The molecule has 0 saturated carbocycles. The Morgan fingerprint density at radius 2 is 1.92 bits per heavy atom. The second-order valence-corrected chi connectivity index (χ2v) is 5.66. The predicted molar refractivity (Wildman–Crippen MR) is 101 cm³/mol.